The molecule has 4 nitrogen and oxygen atoms in total. The monoisotopic (exact) mass is 235 g/mol. The number of benzene rings is 1. The van der Waals surface area contributed by atoms with Gasteiger partial charge >= 0.3 is 0 Å². The minimum atomic E-state index is -0.287. The molecule has 0 fully saturated rings. The van der Waals surface area contributed by atoms with Crippen LogP contribution in [0.5, 0.6) is 11.5 Å². The minimum absolute atomic E-state index is 0.102. The first-order valence-electron chi connectivity index (χ1n) is 5.84. The molecule has 0 saturated carbocycles. The zero-order valence-electron chi connectivity index (χ0n) is 9.94. The van der Waals surface area contributed by atoms with Crippen LogP contribution in [0.4, 0.5) is 0 Å². The van der Waals surface area contributed by atoms with E-state index in [1.54, 1.807) is 0 Å². The summed E-state index contributed by atoms with van der Waals surface area (Å²) in [5.74, 6) is 1.35. The van der Waals surface area contributed by atoms with Crippen LogP contribution in [0.2, 0.25) is 0 Å². The first-order chi connectivity index (χ1) is 8.16. The highest BCUT2D eigenvalue weighted by Crippen LogP contribution is 2.33. The molecule has 0 spiro atoms. The smallest absolute Gasteiger partial charge is 0.218 e. The van der Waals surface area contributed by atoms with Crippen molar-refractivity contribution >= 4 is 5.91 Å². The molecule has 1 atom stereocenters. The Morgan fingerprint density at radius 3 is 2.76 bits per heavy atom. The molecule has 1 heterocycles. The van der Waals surface area contributed by atoms with E-state index in [2.05, 4.69) is 0 Å². The maximum atomic E-state index is 10.9. The molecule has 2 rings (SSSR count). The molecule has 17 heavy (non-hydrogen) atoms. The molecule has 1 unspecified atom stereocenters. The second kappa shape index (κ2) is 5.08. The molecule has 0 radical (unpaired) electrons. The second-order valence-electron chi connectivity index (χ2n) is 4.33. The number of ether oxygens (including phenoxy) is 2. The van der Waals surface area contributed by atoms with Crippen LogP contribution in [0.3, 0.4) is 0 Å². The third-order valence-corrected chi connectivity index (χ3v) is 2.85. The van der Waals surface area contributed by atoms with Crippen LogP contribution in [0, 0.1) is 0 Å². The van der Waals surface area contributed by atoms with Gasteiger partial charge in [0.05, 0.1) is 13.2 Å². The standard InChI is InChI=1S/C13H17NO3/c1-9(7-13(14)15)10-3-4-11-12(8-10)17-6-2-5-16-11/h3-4,8-9H,2,5-7H2,1H3,(H2,14,15). The van der Waals surface area contributed by atoms with Crippen molar-refractivity contribution in [1.82, 2.24) is 0 Å². The SMILES string of the molecule is CC(CC(N)=O)c1ccc2c(c1)OCCCO2. The predicted octanol–water partition coefficient (Wildman–Crippen LogP) is 1.83. The van der Waals surface area contributed by atoms with Gasteiger partial charge in [-0.05, 0) is 23.6 Å². The van der Waals surface area contributed by atoms with Gasteiger partial charge in [0.1, 0.15) is 0 Å². The van der Waals surface area contributed by atoms with Gasteiger partial charge in [0.15, 0.2) is 11.5 Å². The molecule has 4 heteroatoms. The van der Waals surface area contributed by atoms with Gasteiger partial charge in [-0.3, -0.25) is 4.79 Å². The Hall–Kier alpha value is -1.71. The number of nitrogens with two attached hydrogens (primary N) is 1. The maximum absolute atomic E-state index is 10.9. The Bertz CT molecular complexity index is 417. The topological polar surface area (TPSA) is 61.6 Å². The average molecular weight is 235 g/mol. The van der Waals surface area contributed by atoms with Crippen LogP contribution >= 0.6 is 0 Å². The number of carbonyl (C=O) groups excluding carboxylic acids is 1. The van der Waals surface area contributed by atoms with Crippen LogP contribution < -0.4 is 15.2 Å². The lowest BCUT2D eigenvalue weighted by molar-refractivity contribution is -0.118. The van der Waals surface area contributed by atoms with Gasteiger partial charge in [-0.1, -0.05) is 13.0 Å². The van der Waals surface area contributed by atoms with Crippen molar-refractivity contribution in [3.63, 3.8) is 0 Å². The van der Waals surface area contributed by atoms with Crippen molar-refractivity contribution in [2.45, 2.75) is 25.7 Å². The summed E-state index contributed by atoms with van der Waals surface area (Å²) < 4.78 is 11.2. The highest BCUT2D eigenvalue weighted by atomic mass is 16.5. The van der Waals surface area contributed by atoms with Crippen molar-refractivity contribution in [1.29, 1.82) is 0 Å². The molecule has 0 saturated heterocycles. The fourth-order valence-corrected chi connectivity index (χ4v) is 1.91. The summed E-state index contributed by atoms with van der Waals surface area (Å²) in [6, 6.07) is 5.79. The third-order valence-electron chi connectivity index (χ3n) is 2.85. The summed E-state index contributed by atoms with van der Waals surface area (Å²) in [6.45, 7) is 3.33. The van der Waals surface area contributed by atoms with Crippen molar-refractivity contribution in [2.75, 3.05) is 13.2 Å². The number of fused-ring (bicyclic) bond motifs is 1. The Morgan fingerprint density at radius 2 is 2.06 bits per heavy atom. The van der Waals surface area contributed by atoms with Crippen LogP contribution in [0.25, 0.3) is 0 Å². The Labute approximate surface area is 101 Å². The predicted molar refractivity (Wildman–Crippen MR) is 64.3 cm³/mol. The van der Waals surface area contributed by atoms with Crippen LogP contribution in [-0.2, 0) is 4.79 Å². The molecule has 0 bridgehead atoms. The Kier molecular flexibility index (Phi) is 3.52. The van der Waals surface area contributed by atoms with Crippen molar-refractivity contribution < 1.29 is 14.3 Å². The number of hydrogen-bond donors (Lipinski definition) is 1. The molecular weight excluding hydrogens is 218 g/mol. The number of rotatable bonds is 3. The first-order valence-corrected chi connectivity index (χ1v) is 5.84. The summed E-state index contributed by atoms with van der Waals surface area (Å²) in [5.41, 5.74) is 6.25. The van der Waals surface area contributed by atoms with Gasteiger partial charge in [0.2, 0.25) is 5.91 Å². The van der Waals surface area contributed by atoms with Crippen LogP contribution in [0.15, 0.2) is 18.2 Å². The molecule has 0 aliphatic carbocycles. The van der Waals surface area contributed by atoms with Crippen LogP contribution in [0.1, 0.15) is 31.2 Å². The number of amides is 1. The lowest BCUT2D eigenvalue weighted by Gasteiger charge is -2.13. The van der Waals surface area contributed by atoms with Gasteiger partial charge in [0, 0.05) is 12.8 Å². The van der Waals surface area contributed by atoms with Gasteiger partial charge in [-0.25, -0.2) is 0 Å². The third kappa shape index (κ3) is 2.90. The summed E-state index contributed by atoms with van der Waals surface area (Å²) >= 11 is 0. The van der Waals surface area contributed by atoms with Gasteiger partial charge < -0.3 is 15.2 Å². The van der Waals surface area contributed by atoms with Crippen molar-refractivity contribution in [3.8, 4) is 11.5 Å². The van der Waals surface area contributed by atoms with Crippen molar-refractivity contribution in [3.05, 3.63) is 23.8 Å². The van der Waals surface area contributed by atoms with E-state index >= 15 is 0 Å². The molecule has 2 N–H and O–H groups in total. The molecule has 1 aliphatic rings. The summed E-state index contributed by atoms with van der Waals surface area (Å²) in [5, 5.41) is 0. The van der Waals surface area contributed by atoms with E-state index in [1.165, 1.54) is 0 Å². The molecule has 92 valence electrons. The van der Waals surface area contributed by atoms with Gasteiger partial charge in [-0.15, -0.1) is 0 Å². The molecule has 1 amide bonds. The fraction of sp³-hybridized carbons (Fsp3) is 0.462. The summed E-state index contributed by atoms with van der Waals surface area (Å²) in [4.78, 5) is 10.9. The number of hydrogen-bond acceptors (Lipinski definition) is 3. The quantitative estimate of drug-likeness (QED) is 0.869. The van der Waals surface area contributed by atoms with E-state index in [0.717, 1.165) is 23.5 Å². The van der Waals surface area contributed by atoms with E-state index in [0.29, 0.717) is 19.6 Å². The zero-order valence-corrected chi connectivity index (χ0v) is 9.94. The van der Waals surface area contributed by atoms with E-state index in [9.17, 15) is 4.79 Å². The first kappa shape index (κ1) is 11.8. The molecule has 1 aliphatic heterocycles. The average Bonchev–Trinajstić information content (AvgIpc) is 2.51. The van der Waals surface area contributed by atoms with E-state index in [-0.39, 0.29) is 11.8 Å². The van der Waals surface area contributed by atoms with Gasteiger partial charge in [0.25, 0.3) is 0 Å². The highest BCUT2D eigenvalue weighted by Gasteiger charge is 2.14. The number of primary amides is 1. The highest BCUT2D eigenvalue weighted by molar-refractivity contribution is 5.74. The van der Waals surface area contributed by atoms with E-state index in [1.807, 2.05) is 25.1 Å². The Balaban J connectivity index is 2.20. The normalized spacial score (nSPS) is 16.1. The molecule has 1 aromatic rings. The van der Waals surface area contributed by atoms with E-state index < -0.39 is 0 Å². The zero-order chi connectivity index (χ0) is 12.3. The fourth-order valence-electron chi connectivity index (χ4n) is 1.91. The second-order valence-corrected chi connectivity index (χ2v) is 4.33. The lowest BCUT2D eigenvalue weighted by atomic mass is 9.97. The summed E-state index contributed by atoms with van der Waals surface area (Å²) in [7, 11) is 0. The lowest BCUT2D eigenvalue weighted by Crippen LogP contribution is -2.13. The van der Waals surface area contributed by atoms with Gasteiger partial charge in [-0.2, -0.15) is 0 Å². The van der Waals surface area contributed by atoms with Crippen molar-refractivity contribution in [2.24, 2.45) is 5.73 Å². The molecule has 1 aromatic carbocycles. The molecule has 0 aromatic heterocycles. The number of carbonyl (C=O) groups is 1. The molecular formula is C13H17NO3. The minimum Gasteiger partial charge on any atom is -0.490 e. The Morgan fingerprint density at radius 1 is 1.35 bits per heavy atom. The van der Waals surface area contributed by atoms with Crippen LogP contribution in [-0.4, -0.2) is 19.1 Å². The summed E-state index contributed by atoms with van der Waals surface area (Å²) in [6.07, 6.45) is 1.24. The maximum Gasteiger partial charge on any atom is 0.218 e. The largest absolute Gasteiger partial charge is 0.490 e. The van der Waals surface area contributed by atoms with E-state index in [4.69, 9.17) is 15.2 Å².